The summed E-state index contributed by atoms with van der Waals surface area (Å²) < 4.78 is 5.87. The van der Waals surface area contributed by atoms with Crippen molar-refractivity contribution in [1.29, 1.82) is 0 Å². The van der Waals surface area contributed by atoms with Gasteiger partial charge in [0.25, 0.3) is 0 Å². The van der Waals surface area contributed by atoms with Gasteiger partial charge < -0.3 is 14.7 Å². The minimum Gasteiger partial charge on any atom is -0.872 e. The van der Waals surface area contributed by atoms with E-state index in [0.717, 1.165) is 18.7 Å². The Bertz CT molecular complexity index is 861. The number of piperidine rings is 1. The molecule has 1 saturated heterocycles. The van der Waals surface area contributed by atoms with Gasteiger partial charge in [-0.15, -0.1) is 0 Å². The van der Waals surface area contributed by atoms with Crippen molar-refractivity contribution in [2.24, 2.45) is 5.92 Å². The minimum absolute atomic E-state index is 0.0510. The summed E-state index contributed by atoms with van der Waals surface area (Å²) in [5, 5.41) is 12.5. The van der Waals surface area contributed by atoms with Gasteiger partial charge in [-0.2, -0.15) is 0 Å². The van der Waals surface area contributed by atoms with Crippen LogP contribution in [0.4, 0.5) is 0 Å². The van der Waals surface area contributed by atoms with Gasteiger partial charge in [0.1, 0.15) is 12.3 Å². The standard InChI is InChI=1S/C21H22N2O3/c1-14-4-3-9-23(12-14)13-17-18(24)7-6-16-20(25)19(26-21(16)17)10-15-5-2-8-22-11-15/h2,5-8,10-11,14,24H,3-4,9,12-13H2,1H3/b19-10-. The van der Waals surface area contributed by atoms with Crippen molar-refractivity contribution in [3.63, 3.8) is 0 Å². The van der Waals surface area contributed by atoms with Gasteiger partial charge in [0, 0.05) is 23.9 Å². The van der Waals surface area contributed by atoms with E-state index in [1.54, 1.807) is 30.6 Å². The summed E-state index contributed by atoms with van der Waals surface area (Å²) in [6.45, 7) is 4.97. The number of benzene rings is 1. The van der Waals surface area contributed by atoms with Crippen LogP contribution in [0.25, 0.3) is 6.08 Å². The van der Waals surface area contributed by atoms with Crippen LogP contribution in [0.1, 0.15) is 41.3 Å². The molecule has 5 heteroatoms. The summed E-state index contributed by atoms with van der Waals surface area (Å²) in [6.07, 6.45) is 7.45. The number of aromatic nitrogens is 1. The van der Waals surface area contributed by atoms with Gasteiger partial charge in [-0.1, -0.05) is 24.8 Å². The van der Waals surface area contributed by atoms with Gasteiger partial charge >= 0.3 is 0 Å². The van der Waals surface area contributed by atoms with Crippen molar-refractivity contribution >= 4 is 11.9 Å². The highest BCUT2D eigenvalue weighted by atomic mass is 16.5. The summed E-state index contributed by atoms with van der Waals surface area (Å²) in [5.74, 6) is 1.14. The highest BCUT2D eigenvalue weighted by Crippen LogP contribution is 2.38. The maximum atomic E-state index is 12.7. The zero-order chi connectivity index (χ0) is 18.1. The Morgan fingerprint density at radius 2 is 2.27 bits per heavy atom. The van der Waals surface area contributed by atoms with Crippen LogP contribution >= 0.6 is 0 Å². The molecule has 0 amide bonds. The molecule has 0 radical (unpaired) electrons. The Morgan fingerprint density at radius 1 is 1.38 bits per heavy atom. The molecular weight excluding hydrogens is 328 g/mol. The van der Waals surface area contributed by atoms with Crippen LogP contribution in [-0.2, 0) is 6.54 Å². The average molecular weight is 350 g/mol. The van der Waals surface area contributed by atoms with E-state index < -0.39 is 0 Å². The van der Waals surface area contributed by atoms with Crippen LogP contribution in [0.2, 0.25) is 0 Å². The molecule has 2 unspecified atom stereocenters. The smallest absolute Gasteiger partial charge is 0.231 e. The molecule has 2 aromatic rings. The van der Waals surface area contributed by atoms with E-state index >= 15 is 0 Å². The molecule has 3 heterocycles. The average Bonchev–Trinajstić information content (AvgIpc) is 2.95. The molecule has 2 aliphatic rings. The zero-order valence-electron chi connectivity index (χ0n) is 14.8. The number of allylic oxidation sites excluding steroid dienone is 1. The third-order valence-corrected chi connectivity index (χ3v) is 5.17. The van der Waals surface area contributed by atoms with E-state index in [4.69, 9.17) is 4.74 Å². The van der Waals surface area contributed by atoms with Crippen LogP contribution in [0.15, 0.2) is 42.4 Å². The number of carbonyl (C=O) groups is 1. The van der Waals surface area contributed by atoms with Gasteiger partial charge in [0.2, 0.25) is 5.78 Å². The SMILES string of the molecule is CC1CCC[NH+](Cc2c([O-])ccc3c2O/C(=C\c2cccnc2)C3=O)C1. The number of ketones is 1. The number of likely N-dealkylation sites (tertiary alicyclic amines) is 1. The molecule has 0 spiro atoms. The summed E-state index contributed by atoms with van der Waals surface area (Å²) in [4.78, 5) is 18.1. The first-order chi connectivity index (χ1) is 12.6. The molecule has 2 atom stereocenters. The summed E-state index contributed by atoms with van der Waals surface area (Å²) >= 11 is 0. The summed E-state index contributed by atoms with van der Waals surface area (Å²) in [6, 6.07) is 6.75. The van der Waals surface area contributed by atoms with E-state index in [1.165, 1.54) is 23.8 Å². The number of nitrogens with zero attached hydrogens (tertiary/aromatic N) is 1. The summed E-state index contributed by atoms with van der Waals surface area (Å²) in [7, 11) is 0. The Hall–Kier alpha value is -2.66. The molecule has 0 saturated carbocycles. The number of Topliss-reactive ketones (excluding diaryl/α,β-unsaturated/α-hetero) is 1. The Kier molecular flexibility index (Phi) is 4.47. The van der Waals surface area contributed by atoms with Gasteiger partial charge in [-0.05, 0) is 36.6 Å². The van der Waals surface area contributed by atoms with Crippen LogP contribution in [0, 0.1) is 5.92 Å². The Labute approximate surface area is 152 Å². The topological polar surface area (TPSA) is 66.7 Å². The van der Waals surface area contributed by atoms with Crippen LogP contribution in [0.5, 0.6) is 11.5 Å². The molecule has 1 fully saturated rings. The molecule has 4 rings (SSSR count). The fourth-order valence-corrected chi connectivity index (χ4v) is 3.88. The maximum Gasteiger partial charge on any atom is 0.231 e. The molecule has 1 N–H and O–H groups in total. The van der Waals surface area contributed by atoms with Gasteiger partial charge in [0.15, 0.2) is 5.76 Å². The van der Waals surface area contributed by atoms with Crippen molar-refractivity contribution in [3.8, 4) is 11.5 Å². The third-order valence-electron chi connectivity index (χ3n) is 5.17. The van der Waals surface area contributed by atoms with Gasteiger partial charge in [-0.3, -0.25) is 9.78 Å². The molecule has 1 aromatic carbocycles. The summed E-state index contributed by atoms with van der Waals surface area (Å²) in [5.41, 5.74) is 1.90. The number of ether oxygens (including phenoxy) is 1. The molecular formula is C21H22N2O3. The lowest BCUT2D eigenvalue weighted by molar-refractivity contribution is -0.922. The lowest BCUT2D eigenvalue weighted by Crippen LogP contribution is -3.12. The fraction of sp³-hybridized carbons (Fsp3) is 0.333. The third kappa shape index (κ3) is 3.22. The van der Waals surface area contributed by atoms with E-state index in [9.17, 15) is 9.90 Å². The second kappa shape index (κ2) is 6.92. The second-order valence-corrected chi connectivity index (χ2v) is 7.27. The van der Waals surface area contributed by atoms with Crippen molar-refractivity contribution in [2.45, 2.75) is 26.3 Å². The number of fused-ring (bicyclic) bond motifs is 1. The van der Waals surface area contributed by atoms with Crippen molar-refractivity contribution < 1.29 is 19.5 Å². The maximum absolute atomic E-state index is 12.7. The first-order valence-corrected chi connectivity index (χ1v) is 9.12. The van der Waals surface area contributed by atoms with Crippen molar-refractivity contribution in [2.75, 3.05) is 13.1 Å². The first kappa shape index (κ1) is 16.8. The molecule has 1 aromatic heterocycles. The number of carbonyl (C=O) groups excluding carboxylic acids is 1. The fourth-order valence-electron chi connectivity index (χ4n) is 3.88. The van der Waals surface area contributed by atoms with Crippen LogP contribution in [-0.4, -0.2) is 23.9 Å². The molecule has 0 bridgehead atoms. The van der Waals surface area contributed by atoms with E-state index in [2.05, 4.69) is 11.9 Å². The Balaban J connectivity index is 1.64. The van der Waals surface area contributed by atoms with Gasteiger partial charge in [0.05, 0.1) is 18.7 Å². The number of quaternary nitrogens is 1. The van der Waals surface area contributed by atoms with E-state index in [0.29, 0.717) is 29.3 Å². The van der Waals surface area contributed by atoms with Crippen LogP contribution in [0.3, 0.4) is 0 Å². The number of hydrogen-bond donors (Lipinski definition) is 1. The Morgan fingerprint density at radius 3 is 3.04 bits per heavy atom. The molecule has 5 nitrogen and oxygen atoms in total. The quantitative estimate of drug-likeness (QED) is 0.854. The lowest BCUT2D eigenvalue weighted by atomic mass is 9.99. The largest absolute Gasteiger partial charge is 0.872 e. The highest BCUT2D eigenvalue weighted by molar-refractivity contribution is 6.14. The van der Waals surface area contributed by atoms with Crippen LogP contribution < -0.4 is 14.7 Å². The number of pyridine rings is 1. The first-order valence-electron chi connectivity index (χ1n) is 9.12. The van der Waals surface area contributed by atoms with E-state index in [-0.39, 0.29) is 17.3 Å². The minimum atomic E-state index is -0.174. The molecule has 134 valence electrons. The number of nitrogens with one attached hydrogen (secondary N) is 1. The monoisotopic (exact) mass is 350 g/mol. The van der Waals surface area contributed by atoms with Crippen molar-refractivity contribution in [3.05, 3.63) is 59.1 Å². The van der Waals surface area contributed by atoms with Crippen molar-refractivity contribution in [1.82, 2.24) is 4.98 Å². The molecule has 26 heavy (non-hydrogen) atoms. The zero-order valence-corrected chi connectivity index (χ0v) is 14.8. The van der Waals surface area contributed by atoms with E-state index in [1.807, 2.05) is 6.07 Å². The molecule has 2 aliphatic heterocycles. The predicted molar refractivity (Wildman–Crippen MR) is 95.9 cm³/mol. The predicted octanol–water partition coefficient (Wildman–Crippen LogP) is 1.59. The number of hydrogen-bond acceptors (Lipinski definition) is 4. The second-order valence-electron chi connectivity index (χ2n) is 7.27. The number of rotatable bonds is 3. The van der Waals surface area contributed by atoms with Gasteiger partial charge in [-0.25, -0.2) is 0 Å². The molecule has 0 aliphatic carbocycles. The lowest BCUT2D eigenvalue weighted by Gasteiger charge is -2.29. The highest BCUT2D eigenvalue weighted by Gasteiger charge is 2.31. The normalized spacial score (nSPS) is 23.7.